The molecular formula is C15H22FNO2. The number of unbranched alkanes of at least 4 members (excludes halogenated alkanes) is 2. The highest BCUT2D eigenvalue weighted by molar-refractivity contribution is 5.97. The summed E-state index contributed by atoms with van der Waals surface area (Å²) < 4.78 is 19.2. The van der Waals surface area contributed by atoms with Crippen molar-refractivity contribution in [1.29, 1.82) is 0 Å². The largest absolute Gasteiger partial charge is 0.493 e. The summed E-state index contributed by atoms with van der Waals surface area (Å²) in [5.74, 6) is -0.255. The van der Waals surface area contributed by atoms with Gasteiger partial charge in [-0.05, 0) is 32.6 Å². The van der Waals surface area contributed by atoms with Crippen LogP contribution in [0.1, 0.15) is 36.5 Å². The average Bonchev–Trinajstić information content (AvgIpc) is 2.33. The first kappa shape index (κ1) is 15.6. The van der Waals surface area contributed by atoms with Crippen LogP contribution in [0, 0.1) is 5.82 Å². The summed E-state index contributed by atoms with van der Waals surface area (Å²) >= 11 is 0. The summed E-state index contributed by atoms with van der Waals surface area (Å²) in [5, 5.41) is 0. The number of nitrogens with zero attached hydrogens (tertiary/aromatic N) is 1. The smallest absolute Gasteiger partial charge is 0.179 e. The first-order chi connectivity index (χ1) is 9.04. The highest BCUT2D eigenvalue weighted by Crippen LogP contribution is 2.17. The molecule has 0 N–H and O–H groups in total. The Morgan fingerprint density at radius 2 is 2.05 bits per heavy atom. The molecule has 0 spiro atoms. The highest BCUT2D eigenvalue weighted by atomic mass is 19.1. The summed E-state index contributed by atoms with van der Waals surface area (Å²) in [6, 6.07) is 4.43. The van der Waals surface area contributed by atoms with Gasteiger partial charge in [-0.25, -0.2) is 4.39 Å². The Balaban J connectivity index is 2.61. The van der Waals surface area contributed by atoms with Gasteiger partial charge < -0.3 is 9.64 Å². The molecule has 0 aromatic heterocycles. The molecule has 1 rings (SSSR count). The minimum absolute atomic E-state index is 0.120. The third-order valence-electron chi connectivity index (χ3n) is 2.72. The lowest BCUT2D eigenvalue weighted by atomic mass is 10.1. The molecule has 106 valence electrons. The van der Waals surface area contributed by atoms with E-state index in [2.05, 4.69) is 6.92 Å². The fraction of sp³-hybridized carbons (Fsp3) is 0.533. The van der Waals surface area contributed by atoms with Crippen LogP contribution >= 0.6 is 0 Å². The lowest BCUT2D eigenvalue weighted by Gasteiger charge is -2.10. The van der Waals surface area contributed by atoms with Gasteiger partial charge in [0.25, 0.3) is 0 Å². The molecule has 0 unspecified atom stereocenters. The molecule has 4 heteroatoms. The van der Waals surface area contributed by atoms with Crippen LogP contribution in [-0.4, -0.2) is 37.9 Å². The minimum Gasteiger partial charge on any atom is -0.493 e. The molecule has 3 nitrogen and oxygen atoms in total. The lowest BCUT2D eigenvalue weighted by molar-refractivity contribution is 0.0954. The van der Waals surface area contributed by atoms with E-state index in [1.807, 2.05) is 0 Å². The van der Waals surface area contributed by atoms with Crippen LogP contribution in [0.25, 0.3) is 0 Å². The van der Waals surface area contributed by atoms with Crippen molar-refractivity contribution in [2.75, 3.05) is 27.2 Å². The second-order valence-electron chi connectivity index (χ2n) is 4.86. The molecule has 0 radical (unpaired) electrons. The van der Waals surface area contributed by atoms with E-state index < -0.39 is 5.82 Å². The third-order valence-corrected chi connectivity index (χ3v) is 2.72. The van der Waals surface area contributed by atoms with E-state index in [0.29, 0.717) is 12.4 Å². The number of Topliss-reactive ketones (excluding diaryl/α,β-unsaturated/α-hetero) is 1. The number of halogens is 1. The second-order valence-corrected chi connectivity index (χ2v) is 4.86. The second kappa shape index (κ2) is 7.89. The zero-order valence-corrected chi connectivity index (χ0v) is 11.9. The van der Waals surface area contributed by atoms with Crippen LogP contribution < -0.4 is 4.74 Å². The van der Waals surface area contributed by atoms with Crippen molar-refractivity contribution in [3.05, 3.63) is 29.6 Å². The number of hydrogen-bond acceptors (Lipinski definition) is 3. The van der Waals surface area contributed by atoms with E-state index >= 15 is 0 Å². The van der Waals surface area contributed by atoms with Crippen LogP contribution in [0.3, 0.4) is 0 Å². The summed E-state index contributed by atoms with van der Waals surface area (Å²) in [5.41, 5.74) is 0.120. The molecule has 0 saturated heterocycles. The molecule has 0 atom stereocenters. The first-order valence-corrected chi connectivity index (χ1v) is 6.65. The number of ether oxygens (including phenoxy) is 1. The van der Waals surface area contributed by atoms with E-state index in [4.69, 9.17) is 4.74 Å². The van der Waals surface area contributed by atoms with Gasteiger partial charge in [-0.15, -0.1) is 0 Å². The normalized spacial score (nSPS) is 10.8. The number of carbonyl (C=O) groups excluding carboxylic acids is 1. The molecule has 1 aromatic rings. The van der Waals surface area contributed by atoms with Gasteiger partial charge in [-0.2, -0.15) is 0 Å². The fourth-order valence-corrected chi connectivity index (χ4v) is 1.73. The van der Waals surface area contributed by atoms with Crippen LogP contribution in [0.15, 0.2) is 18.2 Å². The first-order valence-electron chi connectivity index (χ1n) is 6.65. The standard InChI is InChI=1S/C15H22FNO2/c1-4-5-6-9-19-12-7-8-13(14(16)10-12)15(18)11-17(2)3/h7-8,10H,4-6,9,11H2,1-3H3. The molecule has 0 heterocycles. The molecule has 0 amide bonds. The van der Waals surface area contributed by atoms with Gasteiger partial charge in [0.2, 0.25) is 0 Å². The van der Waals surface area contributed by atoms with Gasteiger partial charge in [-0.1, -0.05) is 19.8 Å². The molecule has 19 heavy (non-hydrogen) atoms. The average molecular weight is 267 g/mol. The van der Waals surface area contributed by atoms with Gasteiger partial charge in [-0.3, -0.25) is 4.79 Å². The predicted octanol–water partition coefficient (Wildman–Crippen LogP) is 3.14. The summed E-state index contributed by atoms with van der Waals surface area (Å²) in [4.78, 5) is 13.5. The van der Waals surface area contributed by atoms with Crippen molar-refractivity contribution >= 4 is 5.78 Å². The number of likely N-dealkylation sites (N-methyl/N-ethyl adjacent to an activating group) is 1. The van der Waals surface area contributed by atoms with E-state index in [1.54, 1.807) is 25.1 Å². The van der Waals surface area contributed by atoms with Crippen molar-refractivity contribution < 1.29 is 13.9 Å². The monoisotopic (exact) mass is 267 g/mol. The Morgan fingerprint density at radius 1 is 1.32 bits per heavy atom. The Morgan fingerprint density at radius 3 is 2.63 bits per heavy atom. The quantitative estimate of drug-likeness (QED) is 0.535. The molecule has 0 aliphatic rings. The summed E-state index contributed by atoms with van der Waals surface area (Å²) in [6.45, 7) is 2.90. The number of rotatable bonds is 8. The molecular weight excluding hydrogens is 245 g/mol. The Bertz CT molecular complexity index is 419. The number of carbonyl (C=O) groups is 1. The van der Waals surface area contributed by atoms with Gasteiger partial charge in [0.15, 0.2) is 5.78 Å². The maximum absolute atomic E-state index is 13.8. The van der Waals surface area contributed by atoms with E-state index in [1.165, 1.54) is 12.1 Å². The van der Waals surface area contributed by atoms with Gasteiger partial charge >= 0.3 is 0 Å². The molecule has 0 aliphatic carbocycles. The van der Waals surface area contributed by atoms with Crippen molar-refractivity contribution in [2.24, 2.45) is 0 Å². The zero-order chi connectivity index (χ0) is 14.3. The highest BCUT2D eigenvalue weighted by Gasteiger charge is 2.13. The Hall–Kier alpha value is -1.42. The number of benzene rings is 1. The van der Waals surface area contributed by atoms with Crippen LogP contribution in [0.5, 0.6) is 5.75 Å². The molecule has 0 saturated carbocycles. The van der Waals surface area contributed by atoms with Crippen LogP contribution in [-0.2, 0) is 0 Å². The van der Waals surface area contributed by atoms with Crippen LogP contribution in [0.2, 0.25) is 0 Å². The van der Waals surface area contributed by atoms with Crippen molar-refractivity contribution in [1.82, 2.24) is 4.90 Å². The van der Waals surface area contributed by atoms with Gasteiger partial charge in [0.05, 0.1) is 18.7 Å². The third kappa shape index (κ3) is 5.39. The van der Waals surface area contributed by atoms with Crippen molar-refractivity contribution in [2.45, 2.75) is 26.2 Å². The Labute approximate surface area is 114 Å². The molecule has 0 fully saturated rings. The van der Waals surface area contributed by atoms with E-state index in [9.17, 15) is 9.18 Å². The van der Waals surface area contributed by atoms with E-state index in [0.717, 1.165) is 19.3 Å². The predicted molar refractivity (Wildman–Crippen MR) is 74.3 cm³/mol. The number of ketones is 1. The van der Waals surface area contributed by atoms with Gasteiger partial charge in [0, 0.05) is 6.07 Å². The molecule has 0 aliphatic heterocycles. The van der Waals surface area contributed by atoms with Gasteiger partial charge in [0.1, 0.15) is 11.6 Å². The topological polar surface area (TPSA) is 29.5 Å². The summed E-state index contributed by atoms with van der Waals surface area (Å²) in [7, 11) is 3.56. The van der Waals surface area contributed by atoms with Crippen molar-refractivity contribution in [3.8, 4) is 5.75 Å². The summed E-state index contributed by atoms with van der Waals surface area (Å²) in [6.07, 6.45) is 3.18. The molecule has 1 aromatic carbocycles. The van der Waals surface area contributed by atoms with Crippen molar-refractivity contribution in [3.63, 3.8) is 0 Å². The maximum Gasteiger partial charge on any atom is 0.179 e. The van der Waals surface area contributed by atoms with Crippen LogP contribution in [0.4, 0.5) is 4.39 Å². The minimum atomic E-state index is -0.514. The molecule has 0 bridgehead atoms. The zero-order valence-electron chi connectivity index (χ0n) is 11.9. The maximum atomic E-state index is 13.8. The Kier molecular flexibility index (Phi) is 6.50. The lowest BCUT2D eigenvalue weighted by Crippen LogP contribution is -2.22. The van der Waals surface area contributed by atoms with E-state index in [-0.39, 0.29) is 17.9 Å². The fourth-order valence-electron chi connectivity index (χ4n) is 1.73. The SMILES string of the molecule is CCCCCOc1ccc(C(=O)CN(C)C)c(F)c1. The number of hydrogen-bond donors (Lipinski definition) is 0.